The number of hydrogen-bond acceptors (Lipinski definition) is 6. The molecule has 7 nitrogen and oxygen atoms in total. The molecule has 1 atom stereocenters. The molecule has 7 heteroatoms. The van der Waals surface area contributed by atoms with Gasteiger partial charge in [-0.25, -0.2) is 4.79 Å². The molecule has 0 aliphatic carbocycles. The number of hydrogen-bond donors (Lipinski definition) is 1. The molecule has 0 bridgehead atoms. The molecule has 0 spiro atoms. The van der Waals surface area contributed by atoms with E-state index < -0.39 is 22.7 Å². The van der Waals surface area contributed by atoms with Crippen molar-refractivity contribution < 1.29 is 19.2 Å². The lowest BCUT2D eigenvalue weighted by atomic mass is 10.2. The second-order valence-electron chi connectivity index (χ2n) is 3.52. The number of ether oxygens (including phenoxy) is 1. The van der Waals surface area contributed by atoms with Crippen molar-refractivity contribution >= 4 is 23.1 Å². The minimum Gasteiger partial charge on any atom is -0.467 e. The van der Waals surface area contributed by atoms with Gasteiger partial charge in [-0.05, 0) is 19.1 Å². The number of rotatable bonds is 5. The maximum atomic E-state index is 11.3. The predicted molar refractivity (Wildman–Crippen MR) is 63.2 cm³/mol. The first-order valence-corrected chi connectivity index (χ1v) is 5.05. The Morgan fingerprint density at radius 3 is 2.28 bits per heavy atom. The first-order chi connectivity index (χ1) is 8.45. The maximum absolute atomic E-state index is 11.3. The van der Waals surface area contributed by atoms with E-state index in [0.717, 1.165) is 0 Å². The summed E-state index contributed by atoms with van der Waals surface area (Å²) < 4.78 is 4.48. The molecule has 1 aromatic rings. The highest BCUT2D eigenvalue weighted by Crippen LogP contribution is 2.16. The third-order valence-electron chi connectivity index (χ3n) is 2.23. The fourth-order valence-corrected chi connectivity index (χ4v) is 1.29. The lowest BCUT2D eigenvalue weighted by Crippen LogP contribution is -2.36. The number of nitrogens with zero attached hydrogens (tertiary/aromatic N) is 1. The number of nitrogens with one attached hydrogen (secondary N) is 1. The molecular weight excluding hydrogens is 240 g/mol. The van der Waals surface area contributed by atoms with Crippen LogP contribution in [0.15, 0.2) is 24.3 Å². The fourth-order valence-electron chi connectivity index (χ4n) is 1.29. The van der Waals surface area contributed by atoms with E-state index in [-0.39, 0.29) is 5.69 Å². The topological polar surface area (TPSA) is 98.5 Å². The van der Waals surface area contributed by atoms with Crippen LogP contribution >= 0.6 is 0 Å². The number of nitro groups is 1. The second-order valence-corrected chi connectivity index (χ2v) is 3.52. The van der Waals surface area contributed by atoms with Gasteiger partial charge in [0.25, 0.3) is 5.69 Å². The molecule has 0 saturated heterocycles. The Morgan fingerprint density at radius 2 is 1.89 bits per heavy atom. The number of non-ortho nitro benzene ring substituents is 1. The molecule has 0 aliphatic rings. The van der Waals surface area contributed by atoms with E-state index >= 15 is 0 Å². The summed E-state index contributed by atoms with van der Waals surface area (Å²) in [6, 6.07) is 4.26. The number of carbonyl (C=O) groups is 2. The minimum atomic E-state index is -1.11. The van der Waals surface area contributed by atoms with Gasteiger partial charge in [0.05, 0.1) is 12.0 Å². The van der Waals surface area contributed by atoms with Gasteiger partial charge in [0.2, 0.25) is 0 Å². The van der Waals surface area contributed by atoms with Crippen LogP contribution in [0.1, 0.15) is 6.92 Å². The summed E-state index contributed by atoms with van der Waals surface area (Å²) in [4.78, 5) is 32.5. The number of methoxy groups -OCH3 is 1. The Morgan fingerprint density at radius 1 is 1.33 bits per heavy atom. The predicted octanol–water partition coefficient (Wildman–Crippen LogP) is 1.14. The van der Waals surface area contributed by atoms with E-state index in [4.69, 9.17) is 0 Å². The van der Waals surface area contributed by atoms with Crippen LogP contribution in [0.5, 0.6) is 0 Å². The van der Waals surface area contributed by atoms with Gasteiger partial charge in [0.15, 0.2) is 11.8 Å². The molecule has 0 aromatic heterocycles. The molecule has 0 radical (unpaired) electrons. The summed E-state index contributed by atoms with van der Waals surface area (Å²) in [6.45, 7) is 1.25. The van der Waals surface area contributed by atoms with E-state index in [9.17, 15) is 19.7 Å². The SMILES string of the molecule is COC(=O)C(Nc1ccc([N+](=O)[O-])cc1)C(C)=O. The molecule has 0 amide bonds. The van der Waals surface area contributed by atoms with Gasteiger partial charge in [-0.1, -0.05) is 0 Å². The average molecular weight is 252 g/mol. The number of anilines is 1. The molecule has 0 heterocycles. The number of ketones is 1. The van der Waals surface area contributed by atoms with E-state index in [1.807, 2.05) is 0 Å². The maximum Gasteiger partial charge on any atom is 0.336 e. The number of Topliss-reactive ketones (excluding diaryl/α,β-unsaturated/α-hetero) is 1. The zero-order valence-corrected chi connectivity index (χ0v) is 9.88. The van der Waals surface area contributed by atoms with Crippen LogP contribution in [0.3, 0.4) is 0 Å². The van der Waals surface area contributed by atoms with E-state index in [0.29, 0.717) is 5.69 Å². The Hall–Kier alpha value is -2.44. The average Bonchev–Trinajstić information content (AvgIpc) is 2.35. The Kier molecular flexibility index (Phi) is 4.36. The van der Waals surface area contributed by atoms with Gasteiger partial charge in [0.1, 0.15) is 0 Å². The lowest BCUT2D eigenvalue weighted by molar-refractivity contribution is -0.384. The smallest absolute Gasteiger partial charge is 0.336 e. The summed E-state index contributed by atoms with van der Waals surface area (Å²) in [6.07, 6.45) is 0. The Labute approximate surface area is 103 Å². The van der Waals surface area contributed by atoms with Crippen molar-refractivity contribution in [2.24, 2.45) is 0 Å². The molecule has 0 saturated carbocycles. The third-order valence-corrected chi connectivity index (χ3v) is 2.23. The summed E-state index contributed by atoms with van der Waals surface area (Å²) in [5.74, 6) is -1.11. The molecule has 18 heavy (non-hydrogen) atoms. The number of nitro benzene ring substituents is 1. The zero-order valence-electron chi connectivity index (χ0n) is 9.88. The van der Waals surface area contributed by atoms with Crippen LogP contribution in [0.4, 0.5) is 11.4 Å². The van der Waals surface area contributed by atoms with Gasteiger partial charge in [-0.3, -0.25) is 14.9 Å². The first kappa shape index (κ1) is 13.6. The summed E-state index contributed by atoms with van der Waals surface area (Å²) >= 11 is 0. The van der Waals surface area contributed by atoms with Gasteiger partial charge in [-0.15, -0.1) is 0 Å². The van der Waals surface area contributed by atoms with Crippen molar-refractivity contribution in [1.29, 1.82) is 0 Å². The first-order valence-electron chi connectivity index (χ1n) is 5.05. The molecule has 1 unspecified atom stereocenters. The monoisotopic (exact) mass is 252 g/mol. The quantitative estimate of drug-likeness (QED) is 0.365. The summed E-state index contributed by atoms with van der Waals surface area (Å²) in [5.41, 5.74) is 0.351. The van der Waals surface area contributed by atoms with Crippen LogP contribution in [-0.2, 0) is 14.3 Å². The standard InChI is InChI=1S/C11H12N2O5/c1-7(14)10(11(15)18-2)12-8-3-5-9(6-4-8)13(16)17/h3-6,10,12H,1-2H3. The van der Waals surface area contributed by atoms with E-state index in [2.05, 4.69) is 10.1 Å². The highest BCUT2D eigenvalue weighted by atomic mass is 16.6. The van der Waals surface area contributed by atoms with Crippen molar-refractivity contribution in [1.82, 2.24) is 0 Å². The Balaban J connectivity index is 2.85. The molecule has 0 aliphatic heterocycles. The zero-order chi connectivity index (χ0) is 13.7. The Bertz CT molecular complexity index is 469. The van der Waals surface area contributed by atoms with Gasteiger partial charge in [0, 0.05) is 17.8 Å². The van der Waals surface area contributed by atoms with Crippen LogP contribution < -0.4 is 5.32 Å². The normalized spacial score (nSPS) is 11.4. The van der Waals surface area contributed by atoms with Crippen molar-refractivity contribution in [2.45, 2.75) is 13.0 Å². The van der Waals surface area contributed by atoms with Gasteiger partial charge < -0.3 is 10.1 Å². The van der Waals surface area contributed by atoms with Crippen LogP contribution in [0.2, 0.25) is 0 Å². The van der Waals surface area contributed by atoms with Crippen molar-refractivity contribution in [3.63, 3.8) is 0 Å². The van der Waals surface area contributed by atoms with E-state index in [1.54, 1.807) is 0 Å². The third kappa shape index (κ3) is 3.27. The highest BCUT2D eigenvalue weighted by Gasteiger charge is 2.23. The molecule has 1 rings (SSSR count). The van der Waals surface area contributed by atoms with Gasteiger partial charge in [-0.2, -0.15) is 0 Å². The summed E-state index contributed by atoms with van der Waals surface area (Å²) in [5, 5.41) is 13.1. The van der Waals surface area contributed by atoms with Crippen LogP contribution in [0.25, 0.3) is 0 Å². The van der Waals surface area contributed by atoms with E-state index in [1.165, 1.54) is 38.3 Å². The lowest BCUT2D eigenvalue weighted by Gasteiger charge is -2.14. The fraction of sp³-hybridized carbons (Fsp3) is 0.273. The van der Waals surface area contributed by atoms with Crippen LogP contribution in [-0.4, -0.2) is 29.8 Å². The highest BCUT2D eigenvalue weighted by molar-refractivity contribution is 6.04. The number of esters is 1. The van der Waals surface area contributed by atoms with Crippen molar-refractivity contribution in [3.05, 3.63) is 34.4 Å². The molecular formula is C11H12N2O5. The van der Waals surface area contributed by atoms with Crippen molar-refractivity contribution in [3.8, 4) is 0 Å². The number of carbonyl (C=O) groups excluding carboxylic acids is 2. The van der Waals surface area contributed by atoms with Gasteiger partial charge >= 0.3 is 5.97 Å². The number of benzene rings is 1. The van der Waals surface area contributed by atoms with Crippen molar-refractivity contribution in [2.75, 3.05) is 12.4 Å². The molecule has 0 fully saturated rings. The molecule has 1 aromatic carbocycles. The summed E-state index contributed by atoms with van der Waals surface area (Å²) in [7, 11) is 1.18. The van der Waals surface area contributed by atoms with Crippen LogP contribution in [0, 0.1) is 10.1 Å². The largest absolute Gasteiger partial charge is 0.467 e. The molecule has 96 valence electrons. The second kappa shape index (κ2) is 5.76. The minimum absolute atomic E-state index is 0.0713. The molecule has 1 N–H and O–H groups in total.